The molecular formula is C20H20N4O2S. The average molecular weight is 380 g/mol. The number of rotatable bonds is 5. The van der Waals surface area contributed by atoms with Gasteiger partial charge >= 0.3 is 0 Å². The molecule has 0 unspecified atom stereocenters. The van der Waals surface area contributed by atoms with Crippen molar-refractivity contribution in [1.82, 2.24) is 19.5 Å². The van der Waals surface area contributed by atoms with E-state index in [1.807, 2.05) is 55.5 Å². The zero-order chi connectivity index (χ0) is 18.9. The molecule has 27 heavy (non-hydrogen) atoms. The number of benzene rings is 2. The Bertz CT molecular complexity index is 1070. The van der Waals surface area contributed by atoms with Gasteiger partial charge in [0.15, 0.2) is 0 Å². The smallest absolute Gasteiger partial charge is 0.223 e. The van der Waals surface area contributed by atoms with Crippen molar-refractivity contribution in [1.29, 1.82) is 0 Å². The van der Waals surface area contributed by atoms with Gasteiger partial charge < -0.3 is 0 Å². The Morgan fingerprint density at radius 1 is 1.07 bits per heavy atom. The lowest BCUT2D eigenvalue weighted by atomic mass is 9.98. The Balaban J connectivity index is 1.52. The van der Waals surface area contributed by atoms with Crippen LogP contribution in [0, 0.1) is 0 Å². The van der Waals surface area contributed by atoms with Crippen molar-refractivity contribution in [2.24, 2.45) is 0 Å². The van der Waals surface area contributed by atoms with Crippen LogP contribution in [0.3, 0.4) is 0 Å². The van der Waals surface area contributed by atoms with Crippen molar-refractivity contribution in [3.8, 4) is 5.69 Å². The molecular weight excluding hydrogens is 360 g/mol. The van der Waals surface area contributed by atoms with Gasteiger partial charge in [-0.15, -0.1) is 0 Å². The van der Waals surface area contributed by atoms with E-state index in [1.54, 1.807) is 17.1 Å². The highest BCUT2D eigenvalue weighted by Crippen LogP contribution is 2.27. The van der Waals surface area contributed by atoms with Gasteiger partial charge in [0.1, 0.15) is 12.7 Å². The van der Waals surface area contributed by atoms with Crippen LogP contribution in [-0.4, -0.2) is 23.2 Å². The van der Waals surface area contributed by atoms with Crippen LogP contribution < -0.4 is 4.72 Å². The first-order valence-corrected chi connectivity index (χ1v) is 10.3. The van der Waals surface area contributed by atoms with E-state index in [0.717, 1.165) is 23.2 Å². The van der Waals surface area contributed by atoms with Crippen molar-refractivity contribution in [2.75, 3.05) is 0 Å². The molecule has 4 rings (SSSR count). The molecule has 0 fully saturated rings. The molecule has 1 aliphatic rings. The molecule has 0 amide bonds. The van der Waals surface area contributed by atoms with Crippen molar-refractivity contribution in [3.05, 3.63) is 82.8 Å². The summed E-state index contributed by atoms with van der Waals surface area (Å²) >= 11 is 0. The van der Waals surface area contributed by atoms with E-state index in [2.05, 4.69) is 14.8 Å². The summed E-state index contributed by atoms with van der Waals surface area (Å²) in [4.78, 5) is 4.36. The average Bonchev–Trinajstić information content (AvgIpc) is 3.22. The summed E-state index contributed by atoms with van der Waals surface area (Å²) in [7, 11) is -3.54. The maximum atomic E-state index is 12.8. The quantitative estimate of drug-likeness (QED) is 0.737. The number of aryl methyl sites for hydroxylation is 1. The molecule has 138 valence electrons. The van der Waals surface area contributed by atoms with Gasteiger partial charge in [-0.25, -0.2) is 22.8 Å². The molecule has 0 radical (unpaired) electrons. The maximum absolute atomic E-state index is 12.8. The van der Waals surface area contributed by atoms with E-state index >= 15 is 0 Å². The van der Waals surface area contributed by atoms with Gasteiger partial charge in [0.05, 0.1) is 10.6 Å². The van der Waals surface area contributed by atoms with Crippen LogP contribution in [0.1, 0.15) is 36.1 Å². The highest BCUT2D eigenvalue weighted by atomic mass is 32.2. The van der Waals surface area contributed by atoms with Crippen LogP contribution in [0.5, 0.6) is 0 Å². The molecule has 1 N–H and O–H groups in total. The third-order valence-corrected chi connectivity index (χ3v) is 6.44. The molecule has 0 aliphatic heterocycles. The molecule has 0 saturated carbocycles. The van der Waals surface area contributed by atoms with E-state index in [1.165, 1.54) is 11.9 Å². The predicted molar refractivity (Wildman–Crippen MR) is 105 cm³/mol. The number of aromatic nitrogens is 3. The number of nitrogens with zero attached hydrogens (tertiary/aromatic N) is 3. The number of hydrogen-bond acceptors (Lipinski definition) is 4. The topological polar surface area (TPSA) is 76.9 Å². The normalized spacial score (nSPS) is 15.1. The van der Waals surface area contributed by atoms with Gasteiger partial charge in [0.2, 0.25) is 10.0 Å². The zero-order valence-corrected chi connectivity index (χ0v) is 15.7. The molecule has 1 aromatic heterocycles. The van der Waals surface area contributed by atoms with Crippen LogP contribution >= 0.6 is 0 Å². The number of nitrogens with one attached hydrogen (secondary N) is 1. The predicted octanol–water partition coefficient (Wildman–Crippen LogP) is 3.24. The minimum Gasteiger partial charge on any atom is -0.223 e. The number of fused-ring (bicyclic) bond motifs is 1. The molecule has 0 saturated heterocycles. The first-order valence-electron chi connectivity index (χ1n) is 8.79. The van der Waals surface area contributed by atoms with Gasteiger partial charge in [-0.2, -0.15) is 5.10 Å². The van der Waals surface area contributed by atoms with Crippen molar-refractivity contribution in [3.63, 3.8) is 0 Å². The molecule has 6 nitrogen and oxygen atoms in total. The van der Waals surface area contributed by atoms with Crippen molar-refractivity contribution >= 4 is 16.1 Å². The second-order valence-corrected chi connectivity index (χ2v) is 8.35. The standard InChI is InChI=1S/C20H20N4O2S/c1-15(16-6-9-19(10-7-16)24-14-21-13-22-24)23-27(25,26)20-11-8-17-4-2-3-5-18(17)12-20/h2-7,9-10,12-15,23H,8,11H2,1H3/t15-/m0/s1. The molecule has 3 aromatic rings. The van der Waals surface area contributed by atoms with E-state index in [4.69, 9.17) is 0 Å². The SMILES string of the molecule is C[C@H](NS(=O)(=O)C1=Cc2ccccc2CC1)c1ccc(-n2cncn2)cc1. The number of hydrogen-bond donors (Lipinski definition) is 1. The highest BCUT2D eigenvalue weighted by molar-refractivity contribution is 7.93. The summed E-state index contributed by atoms with van der Waals surface area (Å²) < 4.78 is 30.1. The van der Waals surface area contributed by atoms with Crippen LogP contribution in [0.2, 0.25) is 0 Å². The summed E-state index contributed by atoms with van der Waals surface area (Å²) in [5.74, 6) is 0. The highest BCUT2D eigenvalue weighted by Gasteiger charge is 2.23. The molecule has 0 bridgehead atoms. The Morgan fingerprint density at radius 3 is 2.59 bits per heavy atom. The second-order valence-electron chi connectivity index (χ2n) is 6.58. The summed E-state index contributed by atoms with van der Waals surface area (Å²) in [5, 5.41) is 4.09. The third kappa shape index (κ3) is 3.70. The Hall–Kier alpha value is -2.77. The fraction of sp³-hybridized carbons (Fsp3) is 0.200. The van der Waals surface area contributed by atoms with Crippen LogP contribution in [0.15, 0.2) is 66.1 Å². The molecule has 1 atom stereocenters. The third-order valence-electron chi connectivity index (χ3n) is 4.77. The minimum atomic E-state index is -3.54. The minimum absolute atomic E-state index is 0.335. The van der Waals surface area contributed by atoms with Gasteiger partial charge in [-0.05, 0) is 54.7 Å². The van der Waals surface area contributed by atoms with Crippen LogP contribution in [-0.2, 0) is 16.4 Å². The maximum Gasteiger partial charge on any atom is 0.237 e. The zero-order valence-electron chi connectivity index (χ0n) is 14.9. The van der Waals surface area contributed by atoms with Gasteiger partial charge in [-0.3, -0.25) is 0 Å². The van der Waals surface area contributed by atoms with Crippen molar-refractivity contribution in [2.45, 2.75) is 25.8 Å². The van der Waals surface area contributed by atoms with Gasteiger partial charge in [-0.1, -0.05) is 36.4 Å². The summed E-state index contributed by atoms with van der Waals surface area (Å²) in [5.41, 5.74) is 3.93. The van der Waals surface area contributed by atoms with E-state index in [9.17, 15) is 8.42 Å². The lowest BCUT2D eigenvalue weighted by molar-refractivity contribution is 0.571. The fourth-order valence-electron chi connectivity index (χ4n) is 3.25. The molecule has 2 aromatic carbocycles. The Labute approximate surface area is 158 Å². The monoisotopic (exact) mass is 380 g/mol. The van der Waals surface area contributed by atoms with Crippen LogP contribution in [0.4, 0.5) is 0 Å². The van der Waals surface area contributed by atoms with Gasteiger partial charge in [0.25, 0.3) is 0 Å². The van der Waals surface area contributed by atoms with E-state index in [-0.39, 0.29) is 6.04 Å². The first-order chi connectivity index (χ1) is 13.0. The number of allylic oxidation sites excluding steroid dienone is 1. The summed E-state index contributed by atoms with van der Waals surface area (Å²) in [6.07, 6.45) is 6.13. The fourth-order valence-corrected chi connectivity index (χ4v) is 4.66. The van der Waals surface area contributed by atoms with E-state index in [0.29, 0.717) is 11.3 Å². The molecule has 1 heterocycles. The molecule has 1 aliphatic carbocycles. The summed E-state index contributed by atoms with van der Waals surface area (Å²) in [6.45, 7) is 1.85. The lowest BCUT2D eigenvalue weighted by Crippen LogP contribution is -2.28. The first kappa shape index (κ1) is 17.6. The Kier molecular flexibility index (Phi) is 4.63. The molecule has 0 spiro atoms. The molecule has 7 heteroatoms. The van der Waals surface area contributed by atoms with E-state index < -0.39 is 10.0 Å². The Morgan fingerprint density at radius 2 is 1.85 bits per heavy atom. The largest absolute Gasteiger partial charge is 0.237 e. The summed E-state index contributed by atoms with van der Waals surface area (Å²) in [6, 6.07) is 15.2. The second kappa shape index (κ2) is 7.09. The van der Waals surface area contributed by atoms with Crippen molar-refractivity contribution < 1.29 is 8.42 Å². The van der Waals surface area contributed by atoms with Gasteiger partial charge in [0, 0.05) is 6.04 Å². The number of sulfonamides is 1. The van der Waals surface area contributed by atoms with Crippen LogP contribution in [0.25, 0.3) is 11.8 Å². The lowest BCUT2D eigenvalue weighted by Gasteiger charge is -2.20.